The van der Waals surface area contributed by atoms with E-state index in [1.54, 1.807) is 12.1 Å². The van der Waals surface area contributed by atoms with E-state index < -0.39 is 0 Å². The van der Waals surface area contributed by atoms with Gasteiger partial charge in [-0.3, -0.25) is 0 Å². The Kier molecular flexibility index (Phi) is 3.61. The third-order valence-electron chi connectivity index (χ3n) is 2.77. The molecule has 0 heterocycles. The lowest BCUT2D eigenvalue weighted by molar-refractivity contribution is 0.538. The van der Waals surface area contributed by atoms with Gasteiger partial charge in [0, 0.05) is 17.6 Å². The van der Waals surface area contributed by atoms with Gasteiger partial charge in [-0.15, -0.1) is 0 Å². The lowest BCUT2D eigenvalue weighted by atomic mass is 10.1. The molecule has 0 aliphatic heterocycles. The van der Waals surface area contributed by atoms with Crippen LogP contribution in [0.4, 0.5) is 0 Å². The minimum absolute atomic E-state index is 0.534. The van der Waals surface area contributed by atoms with Crippen molar-refractivity contribution in [2.75, 3.05) is 0 Å². The smallest absolute Gasteiger partial charge is 0.0992 e. The first-order chi connectivity index (χ1) is 7.79. The van der Waals surface area contributed by atoms with Crippen LogP contribution in [0.5, 0.6) is 0 Å². The van der Waals surface area contributed by atoms with Crippen LogP contribution in [-0.2, 0) is 6.54 Å². The van der Waals surface area contributed by atoms with E-state index in [2.05, 4.69) is 23.5 Å². The summed E-state index contributed by atoms with van der Waals surface area (Å²) in [6.45, 7) is 0.761. The standard InChI is InChI=1S/C13H13ClN2/c14-13-7-10(8-15)5-6-11(13)9-16-12-3-1-2-4-12/h1-2,5-7,12,16H,3-4,9H2. The number of halogens is 1. The molecule has 1 aromatic carbocycles. The Morgan fingerprint density at radius 1 is 1.38 bits per heavy atom. The zero-order valence-corrected chi connectivity index (χ0v) is 9.67. The predicted molar refractivity (Wildman–Crippen MR) is 65.2 cm³/mol. The number of rotatable bonds is 3. The summed E-state index contributed by atoms with van der Waals surface area (Å²) in [5.74, 6) is 0. The maximum absolute atomic E-state index is 8.72. The molecular formula is C13H13ClN2. The van der Waals surface area contributed by atoms with E-state index in [0.29, 0.717) is 16.6 Å². The van der Waals surface area contributed by atoms with Gasteiger partial charge in [0.15, 0.2) is 0 Å². The van der Waals surface area contributed by atoms with Crippen LogP contribution >= 0.6 is 11.6 Å². The highest BCUT2D eigenvalue weighted by atomic mass is 35.5. The Bertz CT molecular complexity index is 438. The molecule has 1 aromatic rings. The Labute approximate surface area is 101 Å². The van der Waals surface area contributed by atoms with Crippen molar-refractivity contribution in [1.29, 1.82) is 5.26 Å². The molecule has 2 nitrogen and oxygen atoms in total. The Morgan fingerprint density at radius 2 is 2.12 bits per heavy atom. The number of hydrogen-bond acceptors (Lipinski definition) is 2. The van der Waals surface area contributed by atoms with E-state index in [9.17, 15) is 0 Å². The third-order valence-corrected chi connectivity index (χ3v) is 3.12. The van der Waals surface area contributed by atoms with E-state index in [1.165, 1.54) is 0 Å². The molecular weight excluding hydrogens is 220 g/mol. The SMILES string of the molecule is N#Cc1ccc(CNC2CC=CC2)c(Cl)c1. The van der Waals surface area contributed by atoms with Crippen molar-refractivity contribution in [3.05, 3.63) is 46.5 Å². The zero-order valence-electron chi connectivity index (χ0n) is 8.91. The summed E-state index contributed by atoms with van der Waals surface area (Å²) in [4.78, 5) is 0. The van der Waals surface area contributed by atoms with Crippen LogP contribution in [0.2, 0.25) is 5.02 Å². The van der Waals surface area contributed by atoms with Gasteiger partial charge < -0.3 is 5.32 Å². The van der Waals surface area contributed by atoms with Crippen molar-refractivity contribution in [3.63, 3.8) is 0 Å². The molecule has 0 saturated carbocycles. The molecule has 0 amide bonds. The van der Waals surface area contributed by atoms with Crippen LogP contribution in [0.1, 0.15) is 24.0 Å². The van der Waals surface area contributed by atoms with E-state index in [4.69, 9.17) is 16.9 Å². The van der Waals surface area contributed by atoms with Crippen LogP contribution in [0.3, 0.4) is 0 Å². The average molecular weight is 233 g/mol. The van der Waals surface area contributed by atoms with Crippen LogP contribution in [0.15, 0.2) is 30.4 Å². The molecule has 0 unspecified atom stereocenters. The fraction of sp³-hybridized carbons (Fsp3) is 0.308. The summed E-state index contributed by atoms with van der Waals surface area (Å²) >= 11 is 6.09. The van der Waals surface area contributed by atoms with Crippen molar-refractivity contribution in [2.24, 2.45) is 0 Å². The fourth-order valence-corrected chi connectivity index (χ4v) is 2.05. The molecule has 0 atom stereocenters. The van der Waals surface area contributed by atoms with Gasteiger partial charge in [0.05, 0.1) is 11.6 Å². The molecule has 0 bridgehead atoms. The molecule has 1 aliphatic carbocycles. The summed E-state index contributed by atoms with van der Waals surface area (Å²) in [5, 5.41) is 12.8. The van der Waals surface area contributed by atoms with Gasteiger partial charge in [0.25, 0.3) is 0 Å². The summed E-state index contributed by atoms with van der Waals surface area (Å²) in [6.07, 6.45) is 6.57. The van der Waals surface area contributed by atoms with Crippen molar-refractivity contribution in [1.82, 2.24) is 5.32 Å². The molecule has 3 heteroatoms. The van der Waals surface area contributed by atoms with Gasteiger partial charge >= 0.3 is 0 Å². The molecule has 0 saturated heterocycles. The van der Waals surface area contributed by atoms with Gasteiger partial charge in [-0.2, -0.15) is 5.26 Å². The van der Waals surface area contributed by atoms with Crippen LogP contribution < -0.4 is 5.32 Å². The minimum Gasteiger partial charge on any atom is -0.309 e. The molecule has 0 fully saturated rings. The topological polar surface area (TPSA) is 35.8 Å². The van der Waals surface area contributed by atoms with Crippen molar-refractivity contribution in [2.45, 2.75) is 25.4 Å². The second-order valence-electron chi connectivity index (χ2n) is 3.94. The second-order valence-corrected chi connectivity index (χ2v) is 4.35. The van der Waals surface area contributed by atoms with Gasteiger partial charge in [-0.25, -0.2) is 0 Å². The monoisotopic (exact) mass is 232 g/mol. The molecule has 1 N–H and O–H groups in total. The third kappa shape index (κ3) is 2.63. The molecule has 0 aromatic heterocycles. The number of nitrogens with zero attached hydrogens (tertiary/aromatic N) is 1. The lowest BCUT2D eigenvalue weighted by Gasteiger charge is -2.12. The summed E-state index contributed by atoms with van der Waals surface area (Å²) in [5.41, 5.74) is 1.66. The maximum atomic E-state index is 8.72. The summed E-state index contributed by atoms with van der Waals surface area (Å²) in [7, 11) is 0. The quantitative estimate of drug-likeness (QED) is 0.814. The molecule has 16 heavy (non-hydrogen) atoms. The number of nitrogens with one attached hydrogen (secondary N) is 1. The van der Waals surface area contributed by atoms with E-state index in [0.717, 1.165) is 24.9 Å². The van der Waals surface area contributed by atoms with Gasteiger partial charge in [0.2, 0.25) is 0 Å². The van der Waals surface area contributed by atoms with Crippen LogP contribution in [0.25, 0.3) is 0 Å². The largest absolute Gasteiger partial charge is 0.309 e. The molecule has 2 rings (SSSR count). The Balaban J connectivity index is 1.96. The zero-order chi connectivity index (χ0) is 11.4. The lowest BCUT2D eigenvalue weighted by Crippen LogP contribution is -2.25. The minimum atomic E-state index is 0.534. The first-order valence-corrected chi connectivity index (χ1v) is 5.74. The molecule has 0 radical (unpaired) electrons. The highest BCUT2D eigenvalue weighted by molar-refractivity contribution is 6.31. The molecule has 82 valence electrons. The van der Waals surface area contributed by atoms with Crippen molar-refractivity contribution < 1.29 is 0 Å². The van der Waals surface area contributed by atoms with E-state index in [1.807, 2.05) is 6.07 Å². The van der Waals surface area contributed by atoms with Crippen LogP contribution in [0, 0.1) is 11.3 Å². The second kappa shape index (κ2) is 5.16. The molecule has 1 aliphatic rings. The summed E-state index contributed by atoms with van der Waals surface area (Å²) < 4.78 is 0. The predicted octanol–water partition coefficient (Wildman–Crippen LogP) is 3.02. The van der Waals surface area contributed by atoms with Crippen molar-refractivity contribution in [3.8, 4) is 6.07 Å². The molecule has 0 spiro atoms. The average Bonchev–Trinajstić information content (AvgIpc) is 2.80. The fourth-order valence-electron chi connectivity index (χ4n) is 1.80. The van der Waals surface area contributed by atoms with E-state index >= 15 is 0 Å². The van der Waals surface area contributed by atoms with Crippen LogP contribution in [-0.4, -0.2) is 6.04 Å². The van der Waals surface area contributed by atoms with Gasteiger partial charge in [-0.1, -0.05) is 29.8 Å². The Morgan fingerprint density at radius 3 is 2.75 bits per heavy atom. The Hall–Kier alpha value is -1.30. The number of hydrogen-bond donors (Lipinski definition) is 1. The highest BCUT2D eigenvalue weighted by Gasteiger charge is 2.10. The first kappa shape index (κ1) is 11.2. The van der Waals surface area contributed by atoms with Gasteiger partial charge in [0.1, 0.15) is 0 Å². The number of benzene rings is 1. The summed E-state index contributed by atoms with van der Waals surface area (Å²) in [6, 6.07) is 8.04. The number of nitriles is 1. The van der Waals surface area contributed by atoms with E-state index in [-0.39, 0.29) is 0 Å². The first-order valence-electron chi connectivity index (χ1n) is 5.36. The van der Waals surface area contributed by atoms with Crippen molar-refractivity contribution >= 4 is 11.6 Å². The van der Waals surface area contributed by atoms with Gasteiger partial charge in [-0.05, 0) is 30.5 Å². The normalized spacial score (nSPS) is 15.2. The highest BCUT2D eigenvalue weighted by Crippen LogP contribution is 2.18. The maximum Gasteiger partial charge on any atom is 0.0992 e.